The Balaban J connectivity index is 1.65. The van der Waals surface area contributed by atoms with Crippen molar-refractivity contribution in [3.05, 3.63) is 71.4 Å². The summed E-state index contributed by atoms with van der Waals surface area (Å²) in [7, 11) is 0. The first-order chi connectivity index (χ1) is 14.9. The number of anilines is 1. The Labute approximate surface area is 181 Å². The number of aryl methyl sites for hydroxylation is 1. The minimum absolute atomic E-state index is 0.104. The lowest BCUT2D eigenvalue weighted by atomic mass is 10.1. The van der Waals surface area contributed by atoms with Crippen LogP contribution in [0.2, 0.25) is 0 Å². The summed E-state index contributed by atoms with van der Waals surface area (Å²) in [4.78, 5) is 43.5. The summed E-state index contributed by atoms with van der Waals surface area (Å²) in [5.74, 6) is -1.19. The molecule has 0 radical (unpaired) electrons. The highest BCUT2D eigenvalue weighted by Crippen LogP contribution is 2.19. The van der Waals surface area contributed by atoms with Gasteiger partial charge >= 0.3 is 5.97 Å². The molecule has 3 aromatic rings. The van der Waals surface area contributed by atoms with E-state index in [4.69, 9.17) is 4.74 Å². The van der Waals surface area contributed by atoms with E-state index < -0.39 is 18.5 Å². The van der Waals surface area contributed by atoms with E-state index >= 15 is 0 Å². The average Bonchev–Trinajstić information content (AvgIpc) is 2.77. The second-order valence-corrected chi connectivity index (χ2v) is 7.01. The number of para-hydroxylation sites is 1. The molecule has 0 atom stereocenters. The maximum absolute atomic E-state index is 12.6. The standard InChI is InChI=1S/C24H25N3O4/c1-4-27(5-2)23(29)17-9-8-10-18(14-17)26-22(28)15-31-24(30)20-13-16(3)25-21-12-7-6-11-19(20)21/h6-14H,4-5,15H2,1-3H3,(H,26,28). The van der Waals surface area contributed by atoms with Gasteiger partial charge in [-0.3, -0.25) is 14.6 Å². The molecular weight excluding hydrogens is 394 g/mol. The summed E-state index contributed by atoms with van der Waals surface area (Å²) in [6, 6.07) is 15.6. The van der Waals surface area contributed by atoms with E-state index in [-0.39, 0.29) is 5.91 Å². The predicted octanol–water partition coefficient (Wildman–Crippen LogP) is 3.82. The van der Waals surface area contributed by atoms with Gasteiger partial charge in [-0.25, -0.2) is 4.79 Å². The molecule has 0 unspecified atom stereocenters. The lowest BCUT2D eigenvalue weighted by molar-refractivity contribution is -0.119. The molecule has 1 heterocycles. The fraction of sp³-hybridized carbons (Fsp3) is 0.250. The Morgan fingerprint density at radius 1 is 1.00 bits per heavy atom. The van der Waals surface area contributed by atoms with Gasteiger partial charge in [-0.15, -0.1) is 0 Å². The fourth-order valence-electron chi connectivity index (χ4n) is 3.31. The Morgan fingerprint density at radius 2 is 1.74 bits per heavy atom. The van der Waals surface area contributed by atoms with Crippen molar-refractivity contribution in [2.75, 3.05) is 25.0 Å². The molecule has 160 valence electrons. The maximum atomic E-state index is 12.6. The Bertz CT molecular complexity index is 1120. The Kier molecular flexibility index (Phi) is 6.97. The molecule has 2 amide bonds. The van der Waals surface area contributed by atoms with E-state index in [0.717, 1.165) is 0 Å². The van der Waals surface area contributed by atoms with Crippen molar-refractivity contribution in [2.45, 2.75) is 20.8 Å². The van der Waals surface area contributed by atoms with E-state index in [1.165, 1.54) is 0 Å². The number of carbonyl (C=O) groups excluding carboxylic acids is 3. The number of aromatic nitrogens is 1. The molecule has 7 nitrogen and oxygen atoms in total. The molecule has 0 spiro atoms. The Morgan fingerprint density at radius 3 is 2.48 bits per heavy atom. The molecule has 2 aromatic carbocycles. The number of fused-ring (bicyclic) bond motifs is 1. The van der Waals surface area contributed by atoms with Crippen molar-refractivity contribution >= 4 is 34.4 Å². The number of hydrogen-bond acceptors (Lipinski definition) is 5. The summed E-state index contributed by atoms with van der Waals surface area (Å²) in [6.07, 6.45) is 0. The molecule has 31 heavy (non-hydrogen) atoms. The molecule has 0 aliphatic carbocycles. The second-order valence-electron chi connectivity index (χ2n) is 7.01. The van der Waals surface area contributed by atoms with Gasteiger partial charge in [-0.05, 0) is 51.1 Å². The van der Waals surface area contributed by atoms with Crippen LogP contribution in [0.4, 0.5) is 5.69 Å². The van der Waals surface area contributed by atoms with Gasteiger partial charge in [0.2, 0.25) is 0 Å². The van der Waals surface area contributed by atoms with Crippen LogP contribution in [-0.2, 0) is 9.53 Å². The average molecular weight is 419 g/mol. The number of benzene rings is 2. The van der Waals surface area contributed by atoms with Gasteiger partial charge in [-0.1, -0.05) is 24.3 Å². The summed E-state index contributed by atoms with van der Waals surface area (Å²) in [6.45, 7) is 6.38. The molecule has 7 heteroatoms. The van der Waals surface area contributed by atoms with Crippen molar-refractivity contribution in [3.8, 4) is 0 Å². The quantitative estimate of drug-likeness (QED) is 0.588. The number of carbonyl (C=O) groups is 3. The molecule has 0 aliphatic heterocycles. The highest BCUT2D eigenvalue weighted by molar-refractivity contribution is 6.04. The van der Waals surface area contributed by atoms with E-state index in [2.05, 4.69) is 10.3 Å². The van der Waals surface area contributed by atoms with Gasteiger partial charge in [0, 0.05) is 35.4 Å². The smallest absolute Gasteiger partial charge is 0.339 e. The van der Waals surface area contributed by atoms with Crippen LogP contribution < -0.4 is 5.32 Å². The van der Waals surface area contributed by atoms with Crippen LogP contribution in [0.25, 0.3) is 10.9 Å². The van der Waals surface area contributed by atoms with Gasteiger partial charge in [0.1, 0.15) is 0 Å². The van der Waals surface area contributed by atoms with Gasteiger partial charge < -0.3 is 15.0 Å². The van der Waals surface area contributed by atoms with Crippen LogP contribution in [0.3, 0.4) is 0 Å². The summed E-state index contributed by atoms with van der Waals surface area (Å²) in [5.41, 5.74) is 2.68. The van der Waals surface area contributed by atoms with E-state index in [1.54, 1.807) is 48.2 Å². The Hall–Kier alpha value is -3.74. The summed E-state index contributed by atoms with van der Waals surface area (Å²) in [5, 5.41) is 3.34. The summed E-state index contributed by atoms with van der Waals surface area (Å²) >= 11 is 0. The van der Waals surface area contributed by atoms with Gasteiger partial charge in [-0.2, -0.15) is 0 Å². The second kappa shape index (κ2) is 9.84. The normalized spacial score (nSPS) is 10.5. The third-order valence-corrected chi connectivity index (χ3v) is 4.84. The first-order valence-corrected chi connectivity index (χ1v) is 10.2. The van der Waals surface area contributed by atoms with Crippen LogP contribution in [0.5, 0.6) is 0 Å². The maximum Gasteiger partial charge on any atom is 0.339 e. The minimum Gasteiger partial charge on any atom is -0.452 e. The molecule has 3 rings (SSSR count). The number of nitrogens with one attached hydrogen (secondary N) is 1. The number of esters is 1. The fourth-order valence-corrected chi connectivity index (χ4v) is 3.31. The lowest BCUT2D eigenvalue weighted by Crippen LogP contribution is -2.30. The third-order valence-electron chi connectivity index (χ3n) is 4.84. The molecule has 0 aliphatic rings. The molecule has 0 bridgehead atoms. The monoisotopic (exact) mass is 419 g/mol. The van der Waals surface area contributed by atoms with E-state index in [1.807, 2.05) is 32.0 Å². The SMILES string of the molecule is CCN(CC)C(=O)c1cccc(NC(=O)COC(=O)c2cc(C)nc3ccccc23)c1. The zero-order valence-corrected chi connectivity index (χ0v) is 17.8. The number of ether oxygens (including phenoxy) is 1. The van der Waals surface area contributed by atoms with Crippen molar-refractivity contribution in [1.29, 1.82) is 0 Å². The van der Waals surface area contributed by atoms with Crippen LogP contribution >= 0.6 is 0 Å². The van der Waals surface area contributed by atoms with Gasteiger partial charge in [0.05, 0.1) is 11.1 Å². The van der Waals surface area contributed by atoms with E-state index in [9.17, 15) is 14.4 Å². The number of rotatable bonds is 7. The first kappa shape index (κ1) is 22.0. The minimum atomic E-state index is -0.595. The highest BCUT2D eigenvalue weighted by atomic mass is 16.5. The molecule has 1 aromatic heterocycles. The number of pyridine rings is 1. The van der Waals surface area contributed by atoms with Crippen molar-refractivity contribution in [3.63, 3.8) is 0 Å². The van der Waals surface area contributed by atoms with Crippen molar-refractivity contribution < 1.29 is 19.1 Å². The van der Waals surface area contributed by atoms with Crippen molar-refractivity contribution in [2.24, 2.45) is 0 Å². The molecular formula is C24H25N3O4. The van der Waals surface area contributed by atoms with Crippen LogP contribution in [0.1, 0.15) is 40.3 Å². The number of amides is 2. The number of hydrogen-bond donors (Lipinski definition) is 1. The largest absolute Gasteiger partial charge is 0.452 e. The van der Waals surface area contributed by atoms with Crippen LogP contribution in [0, 0.1) is 6.92 Å². The molecule has 0 saturated heterocycles. The molecule has 1 N–H and O–H groups in total. The van der Waals surface area contributed by atoms with Gasteiger partial charge in [0.25, 0.3) is 11.8 Å². The van der Waals surface area contributed by atoms with Crippen LogP contribution in [0.15, 0.2) is 54.6 Å². The first-order valence-electron chi connectivity index (χ1n) is 10.2. The van der Waals surface area contributed by atoms with Crippen LogP contribution in [-0.4, -0.2) is 47.4 Å². The third kappa shape index (κ3) is 5.25. The zero-order valence-electron chi connectivity index (χ0n) is 17.8. The van der Waals surface area contributed by atoms with Crippen molar-refractivity contribution in [1.82, 2.24) is 9.88 Å². The number of nitrogens with zero attached hydrogens (tertiary/aromatic N) is 2. The zero-order chi connectivity index (χ0) is 22.4. The van der Waals surface area contributed by atoms with E-state index in [0.29, 0.717) is 46.5 Å². The molecule has 0 saturated carbocycles. The summed E-state index contributed by atoms with van der Waals surface area (Å²) < 4.78 is 5.22. The lowest BCUT2D eigenvalue weighted by Gasteiger charge is -2.19. The topological polar surface area (TPSA) is 88.6 Å². The predicted molar refractivity (Wildman–Crippen MR) is 119 cm³/mol. The van der Waals surface area contributed by atoms with Gasteiger partial charge in [0.15, 0.2) is 6.61 Å². The molecule has 0 fully saturated rings. The highest BCUT2D eigenvalue weighted by Gasteiger charge is 2.16.